The lowest BCUT2D eigenvalue weighted by molar-refractivity contribution is 0.0948. The number of benzene rings is 1. The highest BCUT2D eigenvalue weighted by Crippen LogP contribution is 2.29. The van der Waals surface area contributed by atoms with Crippen LogP contribution in [0.2, 0.25) is 0 Å². The summed E-state index contributed by atoms with van der Waals surface area (Å²) in [6.07, 6.45) is 0. The fourth-order valence-electron chi connectivity index (χ4n) is 1.57. The standard InChI is InChI=1S/C13H10BrF2N3O2/c14-9-4-7(15)5-10(16)12(9)21-6-8-2-1-3-11(18-8)13(20)19-17/h1-5H,6,17H2,(H,19,20). The van der Waals surface area contributed by atoms with Gasteiger partial charge >= 0.3 is 0 Å². The second-order valence-corrected chi connectivity index (χ2v) is 4.83. The van der Waals surface area contributed by atoms with Crippen molar-refractivity contribution in [1.29, 1.82) is 0 Å². The number of nitrogen functional groups attached to an aromatic ring is 1. The highest BCUT2D eigenvalue weighted by molar-refractivity contribution is 9.10. The first-order valence-electron chi connectivity index (χ1n) is 5.75. The zero-order valence-electron chi connectivity index (χ0n) is 10.6. The predicted octanol–water partition coefficient (Wildman–Crippen LogP) is 2.30. The largest absolute Gasteiger partial charge is 0.483 e. The summed E-state index contributed by atoms with van der Waals surface area (Å²) in [5.41, 5.74) is 2.46. The Morgan fingerprint density at radius 1 is 1.38 bits per heavy atom. The summed E-state index contributed by atoms with van der Waals surface area (Å²) in [5, 5.41) is 0. The molecule has 3 N–H and O–H groups in total. The van der Waals surface area contributed by atoms with Crippen LogP contribution in [0.3, 0.4) is 0 Å². The third-order valence-electron chi connectivity index (χ3n) is 2.50. The summed E-state index contributed by atoms with van der Waals surface area (Å²) < 4.78 is 32.0. The van der Waals surface area contributed by atoms with Gasteiger partial charge in [-0.15, -0.1) is 0 Å². The Morgan fingerprint density at radius 2 is 2.14 bits per heavy atom. The molecule has 0 aliphatic heterocycles. The lowest BCUT2D eigenvalue weighted by atomic mass is 10.3. The normalized spacial score (nSPS) is 10.3. The number of pyridine rings is 1. The number of hydrazine groups is 1. The smallest absolute Gasteiger partial charge is 0.283 e. The van der Waals surface area contributed by atoms with E-state index in [-0.39, 0.29) is 22.5 Å². The average molecular weight is 358 g/mol. The number of nitrogens with zero attached hydrogens (tertiary/aromatic N) is 1. The molecule has 0 radical (unpaired) electrons. The molecule has 1 aromatic heterocycles. The summed E-state index contributed by atoms with van der Waals surface area (Å²) in [4.78, 5) is 15.3. The molecule has 0 aliphatic carbocycles. The lowest BCUT2D eigenvalue weighted by Gasteiger charge is -2.09. The maximum atomic E-state index is 13.6. The molecule has 5 nitrogen and oxygen atoms in total. The van der Waals surface area contributed by atoms with E-state index in [0.29, 0.717) is 11.8 Å². The minimum atomic E-state index is -0.835. The van der Waals surface area contributed by atoms with Crippen LogP contribution in [0.1, 0.15) is 16.2 Å². The van der Waals surface area contributed by atoms with Crippen molar-refractivity contribution in [1.82, 2.24) is 10.4 Å². The summed E-state index contributed by atoms with van der Waals surface area (Å²) in [6, 6.07) is 6.46. The first kappa shape index (κ1) is 15.3. The van der Waals surface area contributed by atoms with Gasteiger partial charge in [0.2, 0.25) is 0 Å². The van der Waals surface area contributed by atoms with Crippen LogP contribution in [-0.2, 0) is 6.61 Å². The Bertz CT molecular complexity index is 659. The molecule has 0 bridgehead atoms. The van der Waals surface area contributed by atoms with E-state index in [9.17, 15) is 13.6 Å². The van der Waals surface area contributed by atoms with E-state index in [1.54, 1.807) is 12.1 Å². The van der Waals surface area contributed by atoms with Gasteiger partial charge in [-0.25, -0.2) is 19.6 Å². The van der Waals surface area contributed by atoms with Crippen molar-refractivity contribution in [3.8, 4) is 5.75 Å². The van der Waals surface area contributed by atoms with Crippen molar-refractivity contribution < 1.29 is 18.3 Å². The molecule has 0 aliphatic rings. The topological polar surface area (TPSA) is 77.2 Å². The third-order valence-corrected chi connectivity index (χ3v) is 3.09. The Balaban J connectivity index is 2.15. The van der Waals surface area contributed by atoms with E-state index < -0.39 is 17.5 Å². The number of carbonyl (C=O) groups is 1. The van der Waals surface area contributed by atoms with E-state index in [2.05, 4.69) is 20.9 Å². The van der Waals surface area contributed by atoms with Gasteiger partial charge in [-0.1, -0.05) is 6.07 Å². The van der Waals surface area contributed by atoms with Crippen LogP contribution in [0.25, 0.3) is 0 Å². The Hall–Kier alpha value is -2.06. The van der Waals surface area contributed by atoms with Gasteiger partial charge in [-0.2, -0.15) is 0 Å². The molecule has 1 aromatic carbocycles. The summed E-state index contributed by atoms with van der Waals surface area (Å²) >= 11 is 3.01. The molecule has 8 heteroatoms. The van der Waals surface area contributed by atoms with Crippen molar-refractivity contribution in [3.63, 3.8) is 0 Å². The van der Waals surface area contributed by atoms with Crippen LogP contribution in [0, 0.1) is 11.6 Å². The van der Waals surface area contributed by atoms with E-state index in [1.807, 2.05) is 5.43 Å². The van der Waals surface area contributed by atoms with Gasteiger partial charge in [0.1, 0.15) is 18.1 Å². The number of carbonyl (C=O) groups excluding carboxylic acids is 1. The van der Waals surface area contributed by atoms with Gasteiger partial charge in [-0.3, -0.25) is 10.2 Å². The number of amides is 1. The number of hydrogen-bond acceptors (Lipinski definition) is 4. The molecule has 110 valence electrons. The van der Waals surface area contributed by atoms with E-state index >= 15 is 0 Å². The van der Waals surface area contributed by atoms with Gasteiger partial charge in [0.05, 0.1) is 10.2 Å². The van der Waals surface area contributed by atoms with E-state index in [0.717, 1.165) is 6.07 Å². The molecule has 0 unspecified atom stereocenters. The summed E-state index contributed by atoms with van der Waals surface area (Å²) in [7, 11) is 0. The maximum Gasteiger partial charge on any atom is 0.283 e. The van der Waals surface area contributed by atoms with Gasteiger partial charge in [0.25, 0.3) is 5.91 Å². The van der Waals surface area contributed by atoms with E-state index in [4.69, 9.17) is 10.6 Å². The van der Waals surface area contributed by atoms with Crippen molar-refractivity contribution >= 4 is 21.8 Å². The second kappa shape index (κ2) is 6.59. The molecule has 2 rings (SSSR count). The minimum absolute atomic E-state index is 0.0904. The van der Waals surface area contributed by atoms with Gasteiger partial charge in [0, 0.05) is 6.07 Å². The maximum absolute atomic E-state index is 13.6. The lowest BCUT2D eigenvalue weighted by Crippen LogP contribution is -2.30. The molecular weight excluding hydrogens is 348 g/mol. The van der Waals surface area contributed by atoms with Crippen LogP contribution >= 0.6 is 15.9 Å². The minimum Gasteiger partial charge on any atom is -0.483 e. The fourth-order valence-corrected chi connectivity index (χ4v) is 2.10. The van der Waals surface area contributed by atoms with Crippen LogP contribution in [0.15, 0.2) is 34.8 Å². The van der Waals surface area contributed by atoms with Crippen molar-refractivity contribution in [3.05, 3.63) is 57.8 Å². The molecule has 0 spiro atoms. The third kappa shape index (κ3) is 3.73. The quantitative estimate of drug-likeness (QED) is 0.500. The van der Waals surface area contributed by atoms with Gasteiger partial charge in [-0.05, 0) is 34.1 Å². The van der Waals surface area contributed by atoms with Crippen LogP contribution in [0.5, 0.6) is 5.75 Å². The number of rotatable bonds is 4. The summed E-state index contributed by atoms with van der Waals surface area (Å²) in [6.45, 7) is -0.0904. The number of nitrogens with one attached hydrogen (secondary N) is 1. The SMILES string of the molecule is NNC(=O)c1cccc(COc2c(F)cc(F)cc2Br)n1. The molecule has 1 amide bonds. The zero-order chi connectivity index (χ0) is 15.4. The summed E-state index contributed by atoms with van der Waals surface area (Å²) in [5.74, 6) is 2.78. The molecule has 0 atom stereocenters. The second-order valence-electron chi connectivity index (χ2n) is 3.97. The molecule has 1 heterocycles. The predicted molar refractivity (Wildman–Crippen MR) is 74.3 cm³/mol. The molecule has 2 aromatic rings. The Kier molecular flexibility index (Phi) is 4.81. The van der Waals surface area contributed by atoms with Gasteiger partial charge < -0.3 is 4.74 Å². The monoisotopic (exact) mass is 357 g/mol. The van der Waals surface area contributed by atoms with Crippen molar-refractivity contribution in [2.24, 2.45) is 5.84 Å². The first-order valence-corrected chi connectivity index (χ1v) is 6.55. The highest BCUT2D eigenvalue weighted by atomic mass is 79.9. The number of aromatic nitrogens is 1. The molecule has 0 fully saturated rings. The average Bonchev–Trinajstić information content (AvgIpc) is 2.45. The molecule has 0 saturated carbocycles. The molecule has 0 saturated heterocycles. The fraction of sp³-hybridized carbons (Fsp3) is 0.0769. The van der Waals surface area contributed by atoms with Crippen LogP contribution in [-0.4, -0.2) is 10.9 Å². The number of ether oxygens (including phenoxy) is 1. The number of nitrogens with two attached hydrogens (primary N) is 1. The Morgan fingerprint density at radius 3 is 2.81 bits per heavy atom. The van der Waals surface area contributed by atoms with Crippen LogP contribution < -0.4 is 16.0 Å². The van der Waals surface area contributed by atoms with Gasteiger partial charge in [0.15, 0.2) is 11.6 Å². The van der Waals surface area contributed by atoms with Crippen molar-refractivity contribution in [2.45, 2.75) is 6.61 Å². The number of halogens is 3. The zero-order valence-corrected chi connectivity index (χ0v) is 12.2. The highest BCUT2D eigenvalue weighted by Gasteiger charge is 2.12. The Labute approximate surface area is 127 Å². The molecular formula is C13H10BrF2N3O2. The van der Waals surface area contributed by atoms with E-state index in [1.165, 1.54) is 6.07 Å². The first-order chi connectivity index (χ1) is 10.0. The molecule has 21 heavy (non-hydrogen) atoms. The van der Waals surface area contributed by atoms with Crippen LogP contribution in [0.4, 0.5) is 8.78 Å². The number of hydrogen-bond donors (Lipinski definition) is 2. The van der Waals surface area contributed by atoms with Crippen molar-refractivity contribution in [2.75, 3.05) is 0 Å².